The molecule has 5 N–H and O–H groups in total. The zero-order valence-corrected chi connectivity index (χ0v) is 33.6. The maximum atomic E-state index is 12.9. The molecule has 13 nitrogen and oxygen atoms in total. The number of nitrogens with one attached hydrogen (secondary N) is 3. The van der Waals surface area contributed by atoms with Gasteiger partial charge >= 0.3 is 6.09 Å². The van der Waals surface area contributed by atoms with Gasteiger partial charge in [0.05, 0.1) is 31.4 Å². The lowest BCUT2D eigenvalue weighted by Crippen LogP contribution is -2.35. The van der Waals surface area contributed by atoms with Crippen LogP contribution < -0.4 is 20.7 Å². The number of nitrogens with zero attached hydrogens (tertiary/aromatic N) is 2. The third kappa shape index (κ3) is 11.2. The van der Waals surface area contributed by atoms with Crippen LogP contribution in [0.15, 0.2) is 91.0 Å². The van der Waals surface area contributed by atoms with Gasteiger partial charge in [0.1, 0.15) is 17.5 Å². The van der Waals surface area contributed by atoms with Crippen molar-refractivity contribution in [1.29, 1.82) is 0 Å². The first-order valence-corrected chi connectivity index (χ1v) is 20.6. The van der Waals surface area contributed by atoms with Crippen LogP contribution in [-0.2, 0) is 31.9 Å². The van der Waals surface area contributed by atoms with Gasteiger partial charge in [-0.15, -0.1) is 0 Å². The second-order valence-electron chi connectivity index (χ2n) is 15.7. The molecule has 4 aromatic rings. The van der Waals surface area contributed by atoms with E-state index in [4.69, 9.17) is 14.2 Å². The van der Waals surface area contributed by atoms with Gasteiger partial charge in [-0.25, -0.2) is 4.79 Å². The van der Waals surface area contributed by atoms with E-state index in [1.165, 1.54) is 17.2 Å². The predicted molar refractivity (Wildman–Crippen MR) is 225 cm³/mol. The largest absolute Gasteiger partial charge is 0.506 e. The lowest BCUT2D eigenvalue weighted by Gasteiger charge is -2.24. The first kappa shape index (κ1) is 41.7. The minimum Gasteiger partial charge on any atom is -0.506 e. The standard InChI is InChI=1S/C46H55N5O8/c1-50(21-19-47-27-41(53)38-14-15-40(52)44-45(38)58-30-42(54)49-44)43(55)18-23-57-22-17-32-9-7-8-31(24-32)16-20-51-28-34-25-36(26-35(34)29-51)59-46(56)48-39-13-6-5-12-37(39)33-10-3-2-4-11-33/h2-15,24,34-36,41,47,52-53H,16-23,25-30H2,1H3,(H,48,56)(H,49,54)/t34-,35?,36?,41-/m0/s1. The zero-order valence-electron chi connectivity index (χ0n) is 33.6. The van der Waals surface area contributed by atoms with Gasteiger partial charge in [0.15, 0.2) is 12.4 Å². The summed E-state index contributed by atoms with van der Waals surface area (Å²) in [6.45, 7) is 4.87. The van der Waals surface area contributed by atoms with Crippen molar-refractivity contribution < 1.29 is 38.8 Å². The summed E-state index contributed by atoms with van der Waals surface area (Å²) < 4.78 is 17.2. The quantitative estimate of drug-likeness (QED) is 0.0631. The van der Waals surface area contributed by atoms with Crippen LogP contribution in [0.5, 0.6) is 11.5 Å². The lowest BCUT2D eigenvalue weighted by atomic mass is 10.0. The number of carbonyl (C=O) groups is 3. The van der Waals surface area contributed by atoms with E-state index in [-0.39, 0.29) is 60.8 Å². The van der Waals surface area contributed by atoms with E-state index in [1.54, 1.807) is 18.0 Å². The van der Waals surface area contributed by atoms with Gasteiger partial charge in [0, 0.05) is 57.4 Å². The van der Waals surface area contributed by atoms with Gasteiger partial charge in [0.2, 0.25) is 5.91 Å². The van der Waals surface area contributed by atoms with Gasteiger partial charge < -0.3 is 44.9 Å². The van der Waals surface area contributed by atoms with Crippen molar-refractivity contribution in [2.45, 2.75) is 44.3 Å². The molecule has 2 fully saturated rings. The van der Waals surface area contributed by atoms with Crippen LogP contribution in [0.4, 0.5) is 16.2 Å². The Hall–Kier alpha value is -5.47. The molecular formula is C46H55N5O8. The van der Waals surface area contributed by atoms with Crippen molar-refractivity contribution in [2.24, 2.45) is 11.8 Å². The molecule has 1 saturated heterocycles. The van der Waals surface area contributed by atoms with Crippen molar-refractivity contribution in [3.05, 3.63) is 108 Å². The third-order valence-electron chi connectivity index (χ3n) is 11.5. The predicted octanol–water partition coefficient (Wildman–Crippen LogP) is 5.62. The summed E-state index contributed by atoms with van der Waals surface area (Å²) in [5.41, 5.74) is 5.90. The number of benzene rings is 4. The van der Waals surface area contributed by atoms with Gasteiger partial charge in [-0.3, -0.25) is 14.9 Å². The number of phenolic OH excluding ortho intramolecular Hbond substituents is 1. The molecule has 4 atom stereocenters. The molecule has 59 heavy (non-hydrogen) atoms. The van der Waals surface area contributed by atoms with Gasteiger partial charge in [0.25, 0.3) is 5.91 Å². The summed E-state index contributed by atoms with van der Waals surface area (Å²) in [6, 6.07) is 29.5. The molecule has 1 aliphatic carbocycles. The first-order chi connectivity index (χ1) is 28.7. The van der Waals surface area contributed by atoms with Gasteiger partial charge in [-0.2, -0.15) is 0 Å². The molecule has 0 aromatic heterocycles. The number of phenols is 1. The second-order valence-corrected chi connectivity index (χ2v) is 15.7. The Bertz CT molecular complexity index is 2050. The second kappa shape index (κ2) is 20.0. The van der Waals surface area contributed by atoms with Crippen LogP contribution in [0.3, 0.4) is 0 Å². The molecule has 2 heterocycles. The fourth-order valence-electron chi connectivity index (χ4n) is 8.40. The summed E-state index contributed by atoms with van der Waals surface area (Å²) in [5.74, 6) is 0.823. The molecule has 0 bridgehead atoms. The Kier molecular flexibility index (Phi) is 14.1. The van der Waals surface area contributed by atoms with Gasteiger partial charge in [-0.1, -0.05) is 72.8 Å². The number of hydrogen-bond acceptors (Lipinski definition) is 10. The molecule has 3 amide bonds. The highest BCUT2D eigenvalue weighted by Crippen LogP contribution is 2.42. The summed E-state index contributed by atoms with van der Waals surface area (Å²) in [5, 5.41) is 29.5. The maximum Gasteiger partial charge on any atom is 0.411 e. The Morgan fingerprint density at radius 3 is 2.49 bits per heavy atom. The van der Waals surface area contributed by atoms with Crippen molar-refractivity contribution in [3.8, 4) is 22.6 Å². The smallest absolute Gasteiger partial charge is 0.411 e. The number of aliphatic hydroxyl groups is 1. The Balaban J connectivity index is 0.742. The minimum atomic E-state index is -0.937. The number of hydrogen-bond donors (Lipinski definition) is 5. The highest BCUT2D eigenvalue weighted by Gasteiger charge is 2.42. The number of amides is 3. The van der Waals surface area contributed by atoms with Crippen molar-refractivity contribution >= 4 is 29.3 Å². The summed E-state index contributed by atoms with van der Waals surface area (Å²) in [6.07, 6.45) is 2.44. The average Bonchev–Trinajstić information content (AvgIpc) is 3.80. The molecule has 3 aliphatic rings. The Morgan fingerprint density at radius 2 is 1.69 bits per heavy atom. The Labute approximate surface area is 345 Å². The lowest BCUT2D eigenvalue weighted by molar-refractivity contribution is -0.131. The van der Waals surface area contributed by atoms with Crippen LogP contribution in [0, 0.1) is 11.8 Å². The van der Waals surface area contributed by atoms with Crippen LogP contribution >= 0.6 is 0 Å². The molecule has 13 heteroatoms. The molecule has 4 aromatic carbocycles. The summed E-state index contributed by atoms with van der Waals surface area (Å²) in [7, 11) is 1.74. The number of para-hydroxylation sites is 1. The number of likely N-dealkylation sites (N-methyl/N-ethyl adjacent to an activating group) is 1. The van der Waals surface area contributed by atoms with E-state index in [0.717, 1.165) is 62.1 Å². The van der Waals surface area contributed by atoms with E-state index in [2.05, 4.69) is 45.1 Å². The topological polar surface area (TPSA) is 162 Å². The molecule has 7 rings (SSSR count). The van der Waals surface area contributed by atoms with E-state index in [9.17, 15) is 24.6 Å². The fraction of sp³-hybridized carbons (Fsp3) is 0.413. The van der Waals surface area contributed by atoms with Crippen LogP contribution in [0.1, 0.15) is 42.1 Å². The molecule has 0 radical (unpaired) electrons. The minimum absolute atomic E-state index is 0.0219. The van der Waals surface area contributed by atoms with Crippen LogP contribution in [-0.4, -0.2) is 110 Å². The number of aromatic hydroxyl groups is 1. The number of rotatable bonds is 18. The van der Waals surface area contributed by atoms with E-state index in [0.29, 0.717) is 43.7 Å². The highest BCUT2D eigenvalue weighted by atomic mass is 16.6. The number of ether oxygens (including phenoxy) is 3. The zero-order chi connectivity index (χ0) is 41.1. The highest BCUT2D eigenvalue weighted by molar-refractivity contribution is 5.97. The fourth-order valence-corrected chi connectivity index (χ4v) is 8.40. The van der Waals surface area contributed by atoms with Crippen molar-refractivity contribution in [1.82, 2.24) is 15.1 Å². The molecule has 2 aliphatic heterocycles. The Morgan fingerprint density at radius 1 is 0.949 bits per heavy atom. The van der Waals surface area contributed by atoms with Gasteiger partial charge in [-0.05, 0) is 72.4 Å². The molecule has 312 valence electrons. The van der Waals surface area contributed by atoms with Crippen LogP contribution in [0.25, 0.3) is 11.1 Å². The van der Waals surface area contributed by atoms with Crippen molar-refractivity contribution in [3.63, 3.8) is 0 Å². The normalized spacial score (nSPS) is 18.9. The van der Waals surface area contributed by atoms with Crippen molar-refractivity contribution in [2.75, 3.05) is 76.8 Å². The van der Waals surface area contributed by atoms with Crippen LogP contribution in [0.2, 0.25) is 0 Å². The average molecular weight is 806 g/mol. The summed E-state index contributed by atoms with van der Waals surface area (Å²) >= 11 is 0. The van der Waals surface area contributed by atoms with E-state index >= 15 is 0 Å². The monoisotopic (exact) mass is 805 g/mol. The SMILES string of the molecule is CN(CCNC[C@H](O)c1ccc(O)c2c1OCC(=O)N2)C(=O)CCOCCc1cccc(CCN2CC3CC(OC(=O)Nc4ccccc4-c4ccccc4)C[C@H]3C2)c1. The number of aliphatic hydroxyl groups excluding tert-OH is 1. The third-order valence-corrected chi connectivity index (χ3v) is 11.5. The molecular weight excluding hydrogens is 751 g/mol. The molecule has 1 saturated carbocycles. The maximum absolute atomic E-state index is 12.9. The van der Waals surface area contributed by atoms with E-state index in [1.807, 2.05) is 54.6 Å². The number of anilines is 2. The molecule has 0 spiro atoms. The number of likely N-dealkylation sites (tertiary alicyclic amines) is 1. The molecule has 2 unspecified atom stereocenters. The number of carbonyl (C=O) groups excluding carboxylic acids is 3. The number of fused-ring (bicyclic) bond motifs is 2. The first-order valence-electron chi connectivity index (χ1n) is 20.6. The van der Waals surface area contributed by atoms with E-state index < -0.39 is 6.10 Å². The summed E-state index contributed by atoms with van der Waals surface area (Å²) in [4.78, 5) is 41.4.